The Labute approximate surface area is 193 Å². The van der Waals surface area contributed by atoms with Crippen LogP contribution in [0, 0.1) is 0 Å². The second-order valence-electron chi connectivity index (χ2n) is 8.79. The highest BCUT2D eigenvalue weighted by Crippen LogP contribution is 2.29. The maximum Gasteiger partial charge on any atom is 0.237 e. The maximum atomic E-state index is 13.0. The summed E-state index contributed by atoms with van der Waals surface area (Å²) in [7, 11) is 1.90. The number of rotatable bonds is 6. The number of thiazole rings is 1. The summed E-state index contributed by atoms with van der Waals surface area (Å²) in [6.45, 7) is 8.11. The van der Waals surface area contributed by atoms with Crippen molar-refractivity contribution in [3.05, 3.63) is 58.6 Å². The van der Waals surface area contributed by atoms with E-state index in [2.05, 4.69) is 41.0 Å². The number of carbonyl (C=O) groups excluding carboxylic acids is 1. The van der Waals surface area contributed by atoms with Gasteiger partial charge in [-0.15, -0.1) is 11.3 Å². The summed E-state index contributed by atoms with van der Waals surface area (Å²) in [6.07, 6.45) is 1.02. The highest BCUT2D eigenvalue weighted by atomic mass is 32.1. The fourth-order valence-corrected chi connectivity index (χ4v) is 5.52. The standard InChI is InChI=1S/C25H30N4O2S/c1-18(25-26-21-5-3-4-6-23(21)32-25)27(2)24(30)17-29-12-10-28(11-13-29)16-19-7-8-22-20(15-19)9-14-31-22/h3-8,15,18H,9-14,16-17H2,1-2H3. The van der Waals surface area contributed by atoms with Crippen molar-refractivity contribution in [2.24, 2.45) is 0 Å². The van der Waals surface area contributed by atoms with Gasteiger partial charge in [-0.3, -0.25) is 14.6 Å². The number of piperazine rings is 1. The van der Waals surface area contributed by atoms with Crippen LogP contribution < -0.4 is 4.74 Å². The fraction of sp³-hybridized carbons (Fsp3) is 0.440. The Balaban J connectivity index is 1.12. The van der Waals surface area contributed by atoms with Gasteiger partial charge in [0.1, 0.15) is 10.8 Å². The first-order chi connectivity index (χ1) is 15.6. The van der Waals surface area contributed by atoms with E-state index in [1.165, 1.54) is 15.8 Å². The predicted molar refractivity (Wildman–Crippen MR) is 128 cm³/mol. The van der Waals surface area contributed by atoms with Crippen molar-refractivity contribution in [3.63, 3.8) is 0 Å². The molecule has 0 saturated carbocycles. The Kier molecular flexibility index (Phi) is 6.13. The molecule has 1 atom stereocenters. The summed E-state index contributed by atoms with van der Waals surface area (Å²) in [6, 6.07) is 14.7. The van der Waals surface area contributed by atoms with Gasteiger partial charge in [0.15, 0.2) is 0 Å². The molecule has 32 heavy (non-hydrogen) atoms. The third-order valence-corrected chi connectivity index (χ3v) is 7.83. The lowest BCUT2D eigenvalue weighted by molar-refractivity contribution is -0.133. The smallest absolute Gasteiger partial charge is 0.237 e. The van der Waals surface area contributed by atoms with E-state index in [9.17, 15) is 4.79 Å². The van der Waals surface area contributed by atoms with Crippen molar-refractivity contribution in [2.75, 3.05) is 46.4 Å². The molecule has 7 heteroatoms. The summed E-state index contributed by atoms with van der Waals surface area (Å²) >= 11 is 1.67. The number of aromatic nitrogens is 1. The lowest BCUT2D eigenvalue weighted by atomic mass is 10.1. The first kappa shape index (κ1) is 21.4. The topological polar surface area (TPSA) is 48.9 Å². The van der Waals surface area contributed by atoms with E-state index in [4.69, 9.17) is 9.72 Å². The molecular formula is C25H30N4O2S. The number of nitrogens with zero attached hydrogens (tertiary/aromatic N) is 4. The molecule has 0 aliphatic carbocycles. The summed E-state index contributed by atoms with van der Waals surface area (Å²) in [5.74, 6) is 1.20. The summed E-state index contributed by atoms with van der Waals surface area (Å²) in [5, 5.41) is 0.992. The van der Waals surface area contributed by atoms with Gasteiger partial charge in [0, 0.05) is 46.2 Å². The SMILES string of the molecule is CC(c1nc2ccccc2s1)N(C)C(=O)CN1CCN(Cc2ccc3c(c2)CCO3)CC1. The monoisotopic (exact) mass is 450 g/mol. The number of likely N-dealkylation sites (N-methyl/N-ethyl adjacent to an activating group) is 1. The van der Waals surface area contributed by atoms with Crippen molar-refractivity contribution >= 4 is 27.5 Å². The van der Waals surface area contributed by atoms with Gasteiger partial charge in [-0.2, -0.15) is 0 Å². The van der Waals surface area contributed by atoms with E-state index in [0.717, 1.165) is 62.0 Å². The first-order valence-electron chi connectivity index (χ1n) is 11.4. The third kappa shape index (κ3) is 4.51. The van der Waals surface area contributed by atoms with Crippen LogP contribution >= 0.6 is 11.3 Å². The molecule has 168 valence electrons. The predicted octanol–water partition coefficient (Wildman–Crippen LogP) is 3.57. The number of benzene rings is 2. The molecular weight excluding hydrogens is 420 g/mol. The van der Waals surface area contributed by atoms with Crippen LogP contribution in [-0.2, 0) is 17.8 Å². The van der Waals surface area contributed by atoms with Gasteiger partial charge >= 0.3 is 0 Å². The zero-order valence-corrected chi connectivity index (χ0v) is 19.6. The van der Waals surface area contributed by atoms with Gasteiger partial charge < -0.3 is 9.64 Å². The molecule has 6 nitrogen and oxygen atoms in total. The third-order valence-electron chi connectivity index (χ3n) is 6.63. The average Bonchev–Trinajstić information content (AvgIpc) is 3.46. The normalized spacial score (nSPS) is 17.8. The Morgan fingerprint density at radius 3 is 2.75 bits per heavy atom. The van der Waals surface area contributed by atoms with Gasteiger partial charge in [-0.05, 0) is 36.2 Å². The number of hydrogen-bond donors (Lipinski definition) is 0. The van der Waals surface area contributed by atoms with Crippen LogP contribution in [0.2, 0.25) is 0 Å². The van der Waals surface area contributed by atoms with Crippen LogP contribution in [0.25, 0.3) is 10.2 Å². The largest absolute Gasteiger partial charge is 0.493 e. The number of fused-ring (bicyclic) bond motifs is 2. The molecule has 2 aliphatic heterocycles. The lowest BCUT2D eigenvalue weighted by Gasteiger charge is -2.35. The zero-order chi connectivity index (χ0) is 22.1. The Morgan fingerprint density at radius 1 is 1.16 bits per heavy atom. The van der Waals surface area contributed by atoms with E-state index in [1.807, 2.05) is 30.1 Å². The van der Waals surface area contributed by atoms with Crippen LogP contribution in [0.4, 0.5) is 0 Å². The molecule has 1 fully saturated rings. The number of ether oxygens (including phenoxy) is 1. The molecule has 2 aliphatic rings. The molecule has 0 radical (unpaired) electrons. The second kappa shape index (κ2) is 9.17. The summed E-state index contributed by atoms with van der Waals surface area (Å²) in [5.41, 5.74) is 3.69. The van der Waals surface area contributed by atoms with Gasteiger partial charge in [0.25, 0.3) is 0 Å². The zero-order valence-electron chi connectivity index (χ0n) is 18.8. The molecule has 1 saturated heterocycles. The number of amides is 1. The second-order valence-corrected chi connectivity index (χ2v) is 9.86. The van der Waals surface area contributed by atoms with Gasteiger partial charge in [0.05, 0.1) is 29.4 Å². The Hall–Kier alpha value is -2.48. The number of carbonyl (C=O) groups is 1. The molecule has 1 unspecified atom stereocenters. The van der Waals surface area contributed by atoms with Crippen molar-refractivity contribution < 1.29 is 9.53 Å². The van der Waals surface area contributed by atoms with Crippen LogP contribution in [0.15, 0.2) is 42.5 Å². The summed E-state index contributed by atoms with van der Waals surface area (Å²) < 4.78 is 6.78. The molecule has 0 spiro atoms. The maximum absolute atomic E-state index is 13.0. The minimum Gasteiger partial charge on any atom is -0.493 e. The highest BCUT2D eigenvalue weighted by Gasteiger charge is 2.25. The number of para-hydroxylation sites is 1. The quantitative estimate of drug-likeness (QED) is 0.575. The first-order valence-corrected chi connectivity index (χ1v) is 12.2. The molecule has 0 N–H and O–H groups in total. The molecule has 1 aromatic heterocycles. The molecule has 3 aromatic rings. The molecule has 3 heterocycles. The minimum absolute atomic E-state index is 0.0232. The molecule has 0 bridgehead atoms. The molecule has 2 aromatic carbocycles. The van der Waals surface area contributed by atoms with E-state index >= 15 is 0 Å². The van der Waals surface area contributed by atoms with Crippen molar-refractivity contribution in [2.45, 2.75) is 25.9 Å². The average molecular weight is 451 g/mol. The van der Waals surface area contributed by atoms with E-state index in [-0.39, 0.29) is 11.9 Å². The van der Waals surface area contributed by atoms with Gasteiger partial charge in [0.2, 0.25) is 5.91 Å². The number of hydrogen-bond acceptors (Lipinski definition) is 6. The lowest BCUT2D eigenvalue weighted by Crippen LogP contribution is -2.49. The van der Waals surface area contributed by atoms with E-state index in [1.54, 1.807) is 11.3 Å². The van der Waals surface area contributed by atoms with E-state index < -0.39 is 0 Å². The molecule has 5 rings (SSSR count). The van der Waals surface area contributed by atoms with Crippen molar-refractivity contribution in [1.29, 1.82) is 0 Å². The molecule has 1 amide bonds. The van der Waals surface area contributed by atoms with Crippen LogP contribution in [-0.4, -0.2) is 72.0 Å². The van der Waals surface area contributed by atoms with Crippen LogP contribution in [0.3, 0.4) is 0 Å². The van der Waals surface area contributed by atoms with E-state index in [0.29, 0.717) is 6.54 Å². The van der Waals surface area contributed by atoms with Gasteiger partial charge in [-0.25, -0.2) is 4.98 Å². The Morgan fingerprint density at radius 2 is 1.94 bits per heavy atom. The van der Waals surface area contributed by atoms with Crippen LogP contribution in [0.1, 0.15) is 29.1 Å². The fourth-order valence-electron chi connectivity index (χ4n) is 4.46. The van der Waals surface area contributed by atoms with Crippen LogP contribution in [0.5, 0.6) is 5.75 Å². The Bertz CT molecular complexity index is 1070. The van der Waals surface area contributed by atoms with Gasteiger partial charge in [-0.1, -0.05) is 24.3 Å². The van der Waals surface area contributed by atoms with Crippen molar-refractivity contribution in [3.8, 4) is 5.75 Å². The highest BCUT2D eigenvalue weighted by molar-refractivity contribution is 7.18. The minimum atomic E-state index is -0.0232. The van der Waals surface area contributed by atoms with Crippen molar-refractivity contribution in [1.82, 2.24) is 19.7 Å². The summed E-state index contributed by atoms with van der Waals surface area (Å²) in [4.78, 5) is 24.3.